The predicted molar refractivity (Wildman–Crippen MR) is 53.5 cm³/mol. The summed E-state index contributed by atoms with van der Waals surface area (Å²) in [6.45, 7) is 0. The maximum atomic E-state index is 11.8. The van der Waals surface area contributed by atoms with Gasteiger partial charge in [0.2, 0.25) is 5.43 Å². The molecular formula is C9H8N4O2. The first kappa shape index (κ1) is 9.32. The summed E-state index contributed by atoms with van der Waals surface area (Å²) in [5.41, 5.74) is 0.103. The number of fused-ring (bicyclic) bond motifs is 1. The Kier molecular flexibility index (Phi) is 2.17. The number of nitrogens with one attached hydrogen (secondary N) is 2. The van der Waals surface area contributed by atoms with E-state index >= 15 is 0 Å². The minimum atomic E-state index is -0.429. The minimum absolute atomic E-state index is 0.0554. The van der Waals surface area contributed by atoms with Gasteiger partial charge in [0.15, 0.2) is 0 Å². The summed E-state index contributed by atoms with van der Waals surface area (Å²) in [6, 6.07) is 0. The van der Waals surface area contributed by atoms with Crippen LogP contribution in [0.2, 0.25) is 0 Å². The van der Waals surface area contributed by atoms with Crippen molar-refractivity contribution >= 4 is 16.9 Å². The molecule has 2 heterocycles. The van der Waals surface area contributed by atoms with Crippen LogP contribution < -0.4 is 10.7 Å². The fraction of sp³-hybridized carbons (Fsp3) is 0.111. The zero-order valence-electron chi connectivity index (χ0n) is 7.94. The number of carbonyl (C=O) groups is 1. The molecule has 2 N–H and O–H groups in total. The van der Waals surface area contributed by atoms with Crippen molar-refractivity contribution in [2.24, 2.45) is 0 Å². The lowest BCUT2D eigenvalue weighted by Gasteiger charge is -2.00. The number of hydrogen-bond donors (Lipinski definition) is 2. The highest BCUT2D eigenvalue weighted by Gasteiger charge is 2.11. The van der Waals surface area contributed by atoms with Gasteiger partial charge in [-0.05, 0) is 0 Å². The zero-order chi connectivity index (χ0) is 10.8. The third-order valence-corrected chi connectivity index (χ3v) is 2.03. The third-order valence-electron chi connectivity index (χ3n) is 2.03. The first-order chi connectivity index (χ1) is 7.24. The van der Waals surface area contributed by atoms with E-state index in [2.05, 4.69) is 20.3 Å². The van der Waals surface area contributed by atoms with Crippen LogP contribution in [0.15, 0.2) is 23.5 Å². The number of rotatable bonds is 1. The number of nitrogens with zero attached hydrogens (tertiary/aromatic N) is 2. The van der Waals surface area contributed by atoms with Gasteiger partial charge < -0.3 is 10.3 Å². The molecule has 0 aliphatic rings. The molecule has 0 aliphatic heterocycles. The van der Waals surface area contributed by atoms with Gasteiger partial charge in [-0.15, -0.1) is 0 Å². The summed E-state index contributed by atoms with van der Waals surface area (Å²) < 4.78 is 0. The molecule has 0 fully saturated rings. The number of H-pyrrole nitrogens is 1. The smallest absolute Gasteiger partial charge is 0.256 e. The number of carbonyl (C=O) groups excluding carboxylic acids is 1. The molecule has 2 aromatic heterocycles. The molecule has 0 spiro atoms. The van der Waals surface area contributed by atoms with E-state index in [4.69, 9.17) is 0 Å². The Bertz CT molecular complexity index is 576. The number of pyridine rings is 1. The third kappa shape index (κ3) is 1.45. The molecule has 0 aliphatic carbocycles. The number of aromatic amines is 1. The van der Waals surface area contributed by atoms with E-state index in [9.17, 15) is 9.59 Å². The van der Waals surface area contributed by atoms with Crippen LogP contribution in [-0.2, 0) is 0 Å². The van der Waals surface area contributed by atoms with Crippen LogP contribution in [0, 0.1) is 0 Å². The summed E-state index contributed by atoms with van der Waals surface area (Å²) in [7, 11) is 1.47. The van der Waals surface area contributed by atoms with Gasteiger partial charge >= 0.3 is 0 Å². The van der Waals surface area contributed by atoms with Crippen LogP contribution in [0.4, 0.5) is 0 Å². The molecule has 0 bridgehead atoms. The van der Waals surface area contributed by atoms with Gasteiger partial charge in [-0.25, -0.2) is 9.97 Å². The van der Waals surface area contributed by atoms with E-state index in [1.165, 1.54) is 25.8 Å². The molecule has 0 atom stereocenters. The number of aromatic nitrogens is 3. The van der Waals surface area contributed by atoms with Crippen LogP contribution in [0.25, 0.3) is 11.0 Å². The number of hydrogen-bond acceptors (Lipinski definition) is 4. The molecule has 15 heavy (non-hydrogen) atoms. The van der Waals surface area contributed by atoms with Crippen molar-refractivity contribution in [3.63, 3.8) is 0 Å². The molecular weight excluding hydrogens is 196 g/mol. The van der Waals surface area contributed by atoms with Crippen molar-refractivity contribution in [1.29, 1.82) is 0 Å². The van der Waals surface area contributed by atoms with Crippen molar-refractivity contribution in [3.05, 3.63) is 34.5 Å². The highest BCUT2D eigenvalue weighted by atomic mass is 16.2. The molecule has 2 aromatic rings. The molecule has 0 aromatic carbocycles. The van der Waals surface area contributed by atoms with Crippen molar-refractivity contribution < 1.29 is 4.79 Å². The fourth-order valence-electron chi connectivity index (χ4n) is 1.27. The van der Waals surface area contributed by atoms with E-state index in [1.54, 1.807) is 0 Å². The maximum Gasteiger partial charge on any atom is 0.256 e. The van der Waals surface area contributed by atoms with Gasteiger partial charge in [0.25, 0.3) is 5.91 Å². The van der Waals surface area contributed by atoms with E-state index in [0.29, 0.717) is 11.0 Å². The molecule has 0 unspecified atom stereocenters. The normalized spacial score (nSPS) is 10.2. The van der Waals surface area contributed by atoms with Crippen molar-refractivity contribution in [2.75, 3.05) is 7.05 Å². The van der Waals surface area contributed by atoms with Crippen molar-refractivity contribution in [2.45, 2.75) is 0 Å². The topological polar surface area (TPSA) is 87.7 Å². The highest BCUT2D eigenvalue weighted by molar-refractivity contribution is 5.96. The van der Waals surface area contributed by atoms with Gasteiger partial charge in [-0.1, -0.05) is 0 Å². The predicted octanol–water partition coefficient (Wildman–Crippen LogP) is -0.322. The molecule has 76 valence electrons. The summed E-state index contributed by atoms with van der Waals surface area (Å²) >= 11 is 0. The Balaban J connectivity index is 2.76. The Hall–Kier alpha value is -2.24. The molecule has 1 amide bonds. The van der Waals surface area contributed by atoms with Gasteiger partial charge in [0, 0.05) is 19.4 Å². The lowest BCUT2D eigenvalue weighted by atomic mass is 10.2. The van der Waals surface area contributed by atoms with Crippen molar-refractivity contribution in [1.82, 2.24) is 20.3 Å². The number of amides is 1. The van der Waals surface area contributed by atoms with Gasteiger partial charge in [0.1, 0.15) is 17.5 Å². The second kappa shape index (κ2) is 3.49. The molecule has 0 radical (unpaired) electrons. The summed E-state index contributed by atoms with van der Waals surface area (Å²) in [5.74, 6) is -0.429. The average molecular weight is 204 g/mol. The Morgan fingerprint density at radius 2 is 2.33 bits per heavy atom. The Morgan fingerprint density at radius 1 is 1.53 bits per heavy atom. The SMILES string of the molecule is CNC(=O)c1c[nH]c2ncncc2c1=O. The molecule has 0 saturated carbocycles. The molecule has 6 heteroatoms. The monoisotopic (exact) mass is 204 g/mol. The van der Waals surface area contributed by atoms with E-state index in [-0.39, 0.29) is 11.0 Å². The van der Waals surface area contributed by atoms with Crippen molar-refractivity contribution in [3.8, 4) is 0 Å². The van der Waals surface area contributed by atoms with E-state index < -0.39 is 5.91 Å². The lowest BCUT2D eigenvalue weighted by Crippen LogP contribution is -2.25. The molecule has 2 rings (SSSR count). The standard InChI is InChI=1S/C9H8N4O2/c1-10-9(15)6-3-12-8-5(7(6)14)2-11-4-13-8/h2-4H,1H3,(H,10,15)(H,11,12,13,14). The van der Waals surface area contributed by atoms with E-state index in [0.717, 1.165) is 0 Å². The van der Waals surface area contributed by atoms with Gasteiger partial charge in [0.05, 0.1) is 5.39 Å². The summed E-state index contributed by atoms with van der Waals surface area (Å²) in [5, 5.41) is 2.69. The van der Waals surface area contributed by atoms with Crippen LogP contribution in [0.5, 0.6) is 0 Å². The first-order valence-electron chi connectivity index (χ1n) is 4.27. The minimum Gasteiger partial charge on any atom is -0.355 e. The molecule has 6 nitrogen and oxygen atoms in total. The maximum absolute atomic E-state index is 11.8. The zero-order valence-corrected chi connectivity index (χ0v) is 7.94. The van der Waals surface area contributed by atoms with Crippen LogP contribution in [-0.4, -0.2) is 27.9 Å². The average Bonchev–Trinajstić information content (AvgIpc) is 2.29. The quantitative estimate of drug-likeness (QED) is 0.666. The molecule has 0 saturated heterocycles. The summed E-state index contributed by atoms with van der Waals surface area (Å²) in [4.78, 5) is 33.4. The lowest BCUT2D eigenvalue weighted by molar-refractivity contribution is 0.0962. The second-order valence-corrected chi connectivity index (χ2v) is 2.90. The summed E-state index contributed by atoms with van der Waals surface area (Å²) in [6.07, 6.45) is 4.06. The largest absolute Gasteiger partial charge is 0.355 e. The van der Waals surface area contributed by atoms with Gasteiger partial charge in [-0.2, -0.15) is 0 Å². The highest BCUT2D eigenvalue weighted by Crippen LogP contribution is 2.01. The van der Waals surface area contributed by atoms with Gasteiger partial charge in [-0.3, -0.25) is 9.59 Å². The second-order valence-electron chi connectivity index (χ2n) is 2.90. The van der Waals surface area contributed by atoms with Crippen LogP contribution in [0.1, 0.15) is 10.4 Å². The fourth-order valence-corrected chi connectivity index (χ4v) is 1.27. The van der Waals surface area contributed by atoms with E-state index in [1.807, 2.05) is 0 Å². The van der Waals surface area contributed by atoms with Crippen LogP contribution >= 0.6 is 0 Å². The van der Waals surface area contributed by atoms with Crippen LogP contribution in [0.3, 0.4) is 0 Å². The Labute approximate surface area is 84.4 Å². The first-order valence-corrected chi connectivity index (χ1v) is 4.27. The Morgan fingerprint density at radius 3 is 3.07 bits per heavy atom.